The number of hydrogen-bond acceptors (Lipinski definition) is 5. The lowest BCUT2D eigenvalue weighted by Gasteiger charge is -2.39. The molecule has 5 nitrogen and oxygen atoms in total. The first kappa shape index (κ1) is 16.0. The second-order valence-corrected chi connectivity index (χ2v) is 7.06. The lowest BCUT2D eigenvalue weighted by molar-refractivity contribution is -0.137. The number of nitrogens with zero attached hydrogens (tertiary/aromatic N) is 3. The van der Waals surface area contributed by atoms with E-state index in [9.17, 15) is 4.79 Å². The average molecular weight is 353 g/mol. The molecular formula is C19H19N3O2S. The molecule has 0 N–H and O–H groups in total. The Morgan fingerprint density at radius 1 is 1.32 bits per heavy atom. The quantitative estimate of drug-likeness (QED) is 0.697. The summed E-state index contributed by atoms with van der Waals surface area (Å²) in [5, 5.41) is 8.03. The molecule has 1 aliphatic rings. The van der Waals surface area contributed by atoms with Gasteiger partial charge in [0.1, 0.15) is 0 Å². The molecule has 1 aromatic carbocycles. The smallest absolute Gasteiger partial charge is 0.233 e. The van der Waals surface area contributed by atoms with Crippen LogP contribution in [0.3, 0.4) is 0 Å². The van der Waals surface area contributed by atoms with Crippen LogP contribution in [-0.4, -0.2) is 34.0 Å². The second kappa shape index (κ2) is 6.80. The van der Waals surface area contributed by atoms with Crippen LogP contribution in [0.15, 0.2) is 51.7 Å². The third-order valence-electron chi connectivity index (χ3n) is 4.67. The first-order valence-corrected chi connectivity index (χ1v) is 9.40. The predicted molar refractivity (Wildman–Crippen MR) is 96.4 cm³/mol. The maximum atomic E-state index is 12.8. The Bertz CT molecular complexity index is 839. The van der Waals surface area contributed by atoms with Gasteiger partial charge in [0.05, 0.1) is 11.8 Å². The van der Waals surface area contributed by atoms with E-state index in [4.69, 9.17) is 4.52 Å². The molecule has 0 spiro atoms. The molecule has 4 rings (SSSR count). The summed E-state index contributed by atoms with van der Waals surface area (Å²) >= 11 is 1.61. The Balaban J connectivity index is 1.41. The molecule has 3 aromatic rings. The van der Waals surface area contributed by atoms with Crippen LogP contribution < -0.4 is 0 Å². The van der Waals surface area contributed by atoms with Gasteiger partial charge in [0.25, 0.3) is 0 Å². The summed E-state index contributed by atoms with van der Waals surface area (Å²) in [6.07, 6.45) is 0.798. The Hall–Kier alpha value is -2.47. The van der Waals surface area contributed by atoms with Gasteiger partial charge < -0.3 is 9.42 Å². The lowest BCUT2D eigenvalue weighted by atomic mass is 9.91. The van der Waals surface area contributed by atoms with E-state index in [1.165, 1.54) is 0 Å². The average Bonchev–Trinajstić information content (AvgIpc) is 3.27. The molecule has 6 heteroatoms. The highest BCUT2D eigenvalue weighted by atomic mass is 32.1. The van der Waals surface area contributed by atoms with Crippen molar-refractivity contribution in [1.82, 2.24) is 15.0 Å². The van der Waals surface area contributed by atoms with Crippen LogP contribution >= 0.6 is 11.3 Å². The van der Waals surface area contributed by atoms with Crippen molar-refractivity contribution in [2.24, 2.45) is 0 Å². The lowest BCUT2D eigenvalue weighted by Crippen LogP contribution is -2.50. The minimum absolute atomic E-state index is 0.0776. The molecular weight excluding hydrogens is 334 g/mol. The van der Waals surface area contributed by atoms with Crippen molar-refractivity contribution < 1.29 is 9.32 Å². The molecule has 1 fully saturated rings. The zero-order valence-electron chi connectivity index (χ0n) is 14.0. The van der Waals surface area contributed by atoms with Gasteiger partial charge in [0.15, 0.2) is 0 Å². The Morgan fingerprint density at radius 2 is 2.12 bits per heavy atom. The van der Waals surface area contributed by atoms with Crippen molar-refractivity contribution in [3.05, 3.63) is 58.6 Å². The van der Waals surface area contributed by atoms with Crippen LogP contribution in [0.25, 0.3) is 11.4 Å². The van der Waals surface area contributed by atoms with Gasteiger partial charge in [-0.3, -0.25) is 4.79 Å². The van der Waals surface area contributed by atoms with Crippen LogP contribution in [-0.2, 0) is 4.79 Å². The van der Waals surface area contributed by atoms with Gasteiger partial charge in [-0.2, -0.15) is 16.3 Å². The highest BCUT2D eigenvalue weighted by Gasteiger charge is 2.38. The summed E-state index contributed by atoms with van der Waals surface area (Å²) in [5.74, 6) is 1.49. The molecule has 2 aromatic heterocycles. The van der Waals surface area contributed by atoms with Crippen LogP contribution in [0, 0.1) is 0 Å². The normalized spacial score (nSPS) is 15.8. The molecule has 0 radical (unpaired) electrons. The number of likely N-dealkylation sites (tertiary alicyclic amines) is 1. The Morgan fingerprint density at radius 3 is 2.80 bits per heavy atom. The number of amides is 1. The Labute approximate surface area is 150 Å². The highest BCUT2D eigenvalue weighted by molar-refractivity contribution is 7.08. The molecule has 1 aliphatic heterocycles. The summed E-state index contributed by atoms with van der Waals surface area (Å²) < 4.78 is 5.40. The van der Waals surface area contributed by atoms with Gasteiger partial charge in [0.2, 0.25) is 17.6 Å². The van der Waals surface area contributed by atoms with E-state index >= 15 is 0 Å². The van der Waals surface area contributed by atoms with E-state index in [1.54, 1.807) is 11.3 Å². The zero-order valence-corrected chi connectivity index (χ0v) is 14.8. The van der Waals surface area contributed by atoms with E-state index in [2.05, 4.69) is 17.1 Å². The number of carbonyl (C=O) groups is 1. The molecule has 1 atom stereocenters. The molecule has 0 aliphatic carbocycles. The fourth-order valence-electron chi connectivity index (χ4n) is 3.18. The van der Waals surface area contributed by atoms with Gasteiger partial charge >= 0.3 is 0 Å². The number of rotatable bonds is 5. The summed E-state index contributed by atoms with van der Waals surface area (Å²) in [7, 11) is 0. The van der Waals surface area contributed by atoms with Crippen molar-refractivity contribution in [2.45, 2.75) is 25.2 Å². The van der Waals surface area contributed by atoms with Crippen molar-refractivity contribution in [3.8, 4) is 11.4 Å². The number of benzene rings is 1. The molecule has 3 heterocycles. The van der Waals surface area contributed by atoms with Gasteiger partial charge in [-0.1, -0.05) is 42.4 Å². The predicted octanol–water partition coefficient (Wildman–Crippen LogP) is 3.92. The van der Waals surface area contributed by atoms with E-state index in [1.807, 2.05) is 52.1 Å². The first-order valence-electron chi connectivity index (χ1n) is 8.46. The van der Waals surface area contributed by atoms with Crippen LogP contribution in [0.5, 0.6) is 0 Å². The van der Waals surface area contributed by atoms with E-state index in [-0.39, 0.29) is 17.7 Å². The van der Waals surface area contributed by atoms with E-state index in [0.29, 0.717) is 24.8 Å². The van der Waals surface area contributed by atoms with Crippen molar-refractivity contribution in [1.29, 1.82) is 0 Å². The molecule has 0 bridgehead atoms. The van der Waals surface area contributed by atoms with E-state index in [0.717, 1.165) is 17.5 Å². The van der Waals surface area contributed by atoms with Crippen LogP contribution in [0.1, 0.15) is 36.6 Å². The zero-order chi connectivity index (χ0) is 17.2. The summed E-state index contributed by atoms with van der Waals surface area (Å²) in [5.41, 5.74) is 2.05. The number of carbonyl (C=O) groups excluding carboxylic acids is 1. The summed E-state index contributed by atoms with van der Waals surface area (Å²) in [6, 6.07) is 12.0. The third kappa shape index (κ3) is 3.09. The largest absolute Gasteiger partial charge is 0.340 e. The highest BCUT2D eigenvalue weighted by Crippen LogP contribution is 2.32. The monoisotopic (exact) mass is 353 g/mol. The molecule has 1 amide bonds. The van der Waals surface area contributed by atoms with Crippen molar-refractivity contribution >= 4 is 17.2 Å². The fraction of sp³-hybridized carbons (Fsp3) is 0.316. The minimum atomic E-state index is -0.0776. The van der Waals surface area contributed by atoms with Crippen molar-refractivity contribution in [2.75, 3.05) is 13.1 Å². The van der Waals surface area contributed by atoms with Crippen LogP contribution in [0.2, 0.25) is 0 Å². The SMILES string of the molecule is CCC(C(=O)N1CC(c2nc(-c3ccsc3)no2)C1)c1ccccc1. The molecule has 128 valence electrons. The topological polar surface area (TPSA) is 59.2 Å². The standard InChI is InChI=1S/C19H19N3O2S/c1-2-16(13-6-4-3-5-7-13)19(23)22-10-15(11-22)18-20-17(21-24-18)14-8-9-25-12-14/h3-9,12,15-16H,2,10-11H2,1H3. The maximum Gasteiger partial charge on any atom is 0.233 e. The van der Waals surface area contributed by atoms with Gasteiger partial charge in [-0.25, -0.2) is 0 Å². The van der Waals surface area contributed by atoms with Crippen molar-refractivity contribution in [3.63, 3.8) is 0 Å². The molecule has 25 heavy (non-hydrogen) atoms. The number of hydrogen-bond donors (Lipinski definition) is 0. The number of thiophene rings is 1. The third-order valence-corrected chi connectivity index (χ3v) is 5.36. The summed E-state index contributed by atoms with van der Waals surface area (Å²) in [4.78, 5) is 19.2. The molecule has 1 saturated heterocycles. The van der Waals surface area contributed by atoms with E-state index < -0.39 is 0 Å². The number of aromatic nitrogens is 2. The maximum absolute atomic E-state index is 12.8. The van der Waals surface area contributed by atoms with Crippen LogP contribution in [0.4, 0.5) is 0 Å². The fourth-order valence-corrected chi connectivity index (χ4v) is 3.82. The summed E-state index contributed by atoms with van der Waals surface area (Å²) in [6.45, 7) is 3.35. The van der Waals surface area contributed by atoms with Gasteiger partial charge in [-0.15, -0.1) is 0 Å². The first-order chi connectivity index (χ1) is 12.3. The second-order valence-electron chi connectivity index (χ2n) is 6.28. The van der Waals surface area contributed by atoms with Gasteiger partial charge in [0, 0.05) is 24.0 Å². The van der Waals surface area contributed by atoms with Gasteiger partial charge in [-0.05, 0) is 23.4 Å². The Kier molecular flexibility index (Phi) is 4.36. The minimum Gasteiger partial charge on any atom is -0.340 e. The molecule has 0 saturated carbocycles. The molecule has 1 unspecified atom stereocenters.